The van der Waals surface area contributed by atoms with Crippen LogP contribution in [0.4, 0.5) is 0 Å². The summed E-state index contributed by atoms with van der Waals surface area (Å²) in [4.78, 5) is 31.5. The number of pyridine rings is 1. The van der Waals surface area contributed by atoms with Crippen LogP contribution in [0.25, 0.3) is 0 Å². The Hall–Kier alpha value is -1.91. The van der Waals surface area contributed by atoms with E-state index in [4.69, 9.17) is 0 Å². The van der Waals surface area contributed by atoms with Crippen molar-refractivity contribution >= 4 is 11.8 Å². The van der Waals surface area contributed by atoms with Gasteiger partial charge in [0, 0.05) is 39.0 Å². The Morgan fingerprint density at radius 3 is 2.48 bits per heavy atom. The Bertz CT molecular complexity index is 482. The summed E-state index contributed by atoms with van der Waals surface area (Å²) >= 11 is 0. The molecule has 0 saturated carbocycles. The van der Waals surface area contributed by atoms with Crippen LogP contribution in [0.2, 0.25) is 0 Å². The highest BCUT2D eigenvalue weighted by Gasteiger charge is 2.23. The highest BCUT2D eigenvalue weighted by atomic mass is 16.2. The summed E-state index contributed by atoms with van der Waals surface area (Å²) in [5.41, 5.74) is 0.986. The molecule has 0 atom stereocenters. The Labute approximate surface area is 126 Å². The summed E-state index contributed by atoms with van der Waals surface area (Å²) in [7, 11) is 0. The topological polar surface area (TPSA) is 53.5 Å². The number of carbonyl (C=O) groups excluding carboxylic acids is 2. The summed E-state index contributed by atoms with van der Waals surface area (Å²) < 4.78 is 0. The quantitative estimate of drug-likeness (QED) is 0.847. The van der Waals surface area contributed by atoms with E-state index in [0.717, 1.165) is 31.5 Å². The minimum Gasteiger partial charge on any atom is -0.341 e. The monoisotopic (exact) mass is 289 g/mol. The van der Waals surface area contributed by atoms with Gasteiger partial charge >= 0.3 is 0 Å². The van der Waals surface area contributed by atoms with Gasteiger partial charge < -0.3 is 9.80 Å². The molecular weight excluding hydrogens is 266 g/mol. The molecule has 0 aromatic carbocycles. The lowest BCUT2D eigenvalue weighted by molar-refractivity contribution is -0.140. The summed E-state index contributed by atoms with van der Waals surface area (Å²) in [6.07, 6.45) is 5.50. The fraction of sp³-hybridized carbons (Fsp3) is 0.562. The molecule has 2 heterocycles. The number of amides is 2. The number of likely N-dealkylation sites (tertiary alicyclic amines) is 1. The highest BCUT2D eigenvalue weighted by Crippen LogP contribution is 2.16. The van der Waals surface area contributed by atoms with Crippen LogP contribution in [0.3, 0.4) is 0 Å². The average Bonchev–Trinajstić information content (AvgIpc) is 2.48. The van der Waals surface area contributed by atoms with Crippen molar-refractivity contribution in [2.75, 3.05) is 19.6 Å². The van der Waals surface area contributed by atoms with Crippen LogP contribution < -0.4 is 0 Å². The van der Waals surface area contributed by atoms with Crippen molar-refractivity contribution in [2.45, 2.75) is 33.2 Å². The number of carbonyl (C=O) groups is 2. The zero-order valence-electron chi connectivity index (χ0n) is 12.8. The van der Waals surface area contributed by atoms with Crippen LogP contribution in [0.15, 0.2) is 24.5 Å². The van der Waals surface area contributed by atoms with Gasteiger partial charge in [-0.15, -0.1) is 0 Å². The zero-order chi connectivity index (χ0) is 15.2. The standard InChI is InChI=1S/C16H23N3O2/c1-13-5-9-18(10-6-13)16(21)12-19(14(2)20)11-15-3-7-17-8-4-15/h3-4,7-8,13H,5-6,9-12H2,1-2H3. The molecule has 0 bridgehead atoms. The van der Waals surface area contributed by atoms with Gasteiger partial charge in [-0.05, 0) is 36.5 Å². The average molecular weight is 289 g/mol. The molecule has 1 saturated heterocycles. The normalized spacial score (nSPS) is 15.8. The van der Waals surface area contributed by atoms with Gasteiger partial charge in [0.15, 0.2) is 0 Å². The molecule has 1 aromatic heterocycles. The molecular formula is C16H23N3O2. The summed E-state index contributed by atoms with van der Waals surface area (Å²) in [5.74, 6) is 0.659. The van der Waals surface area contributed by atoms with Gasteiger partial charge in [0.1, 0.15) is 6.54 Å². The molecule has 5 nitrogen and oxygen atoms in total. The molecule has 0 aliphatic carbocycles. The number of nitrogens with zero attached hydrogens (tertiary/aromatic N) is 3. The summed E-state index contributed by atoms with van der Waals surface area (Å²) in [5, 5.41) is 0. The number of piperidine rings is 1. The number of aromatic nitrogens is 1. The Morgan fingerprint density at radius 2 is 1.90 bits per heavy atom. The van der Waals surface area contributed by atoms with Crippen LogP contribution in [0.5, 0.6) is 0 Å². The lowest BCUT2D eigenvalue weighted by Crippen LogP contribution is -2.44. The lowest BCUT2D eigenvalue weighted by atomic mass is 9.99. The zero-order valence-corrected chi connectivity index (χ0v) is 12.8. The van der Waals surface area contributed by atoms with Gasteiger partial charge in [-0.25, -0.2) is 0 Å². The first-order valence-corrected chi connectivity index (χ1v) is 7.48. The molecule has 1 aliphatic heterocycles. The molecule has 2 amide bonds. The first kappa shape index (κ1) is 15.5. The van der Waals surface area contributed by atoms with Crippen LogP contribution in [0.1, 0.15) is 32.3 Å². The fourth-order valence-electron chi connectivity index (χ4n) is 2.51. The largest absolute Gasteiger partial charge is 0.341 e. The first-order chi connectivity index (χ1) is 10.1. The fourth-order valence-corrected chi connectivity index (χ4v) is 2.51. The number of rotatable bonds is 4. The van der Waals surface area contributed by atoms with Crippen molar-refractivity contribution in [1.29, 1.82) is 0 Å². The SMILES string of the molecule is CC(=O)N(CC(=O)N1CCC(C)CC1)Cc1ccncc1. The highest BCUT2D eigenvalue weighted by molar-refractivity contribution is 5.83. The van der Waals surface area contributed by atoms with E-state index in [2.05, 4.69) is 11.9 Å². The lowest BCUT2D eigenvalue weighted by Gasteiger charge is -2.32. The molecule has 2 rings (SSSR count). The van der Waals surface area contributed by atoms with Gasteiger partial charge in [0.25, 0.3) is 0 Å². The van der Waals surface area contributed by atoms with Crippen LogP contribution >= 0.6 is 0 Å². The predicted molar refractivity (Wildman–Crippen MR) is 80.3 cm³/mol. The maximum atomic E-state index is 12.3. The molecule has 114 valence electrons. The minimum absolute atomic E-state index is 0.0474. The summed E-state index contributed by atoms with van der Waals surface area (Å²) in [6, 6.07) is 3.73. The van der Waals surface area contributed by atoms with Crippen molar-refractivity contribution < 1.29 is 9.59 Å². The Morgan fingerprint density at radius 1 is 1.29 bits per heavy atom. The van der Waals surface area contributed by atoms with Crippen molar-refractivity contribution in [2.24, 2.45) is 5.92 Å². The molecule has 1 fully saturated rings. The maximum absolute atomic E-state index is 12.3. The molecule has 21 heavy (non-hydrogen) atoms. The molecule has 1 aliphatic rings. The van der Waals surface area contributed by atoms with Gasteiger partial charge in [-0.2, -0.15) is 0 Å². The third-order valence-electron chi connectivity index (χ3n) is 4.03. The second-order valence-electron chi connectivity index (χ2n) is 5.79. The molecule has 1 aromatic rings. The van der Waals surface area contributed by atoms with Gasteiger partial charge in [-0.3, -0.25) is 14.6 Å². The van der Waals surface area contributed by atoms with Gasteiger partial charge in [0.05, 0.1) is 0 Å². The number of hydrogen-bond donors (Lipinski definition) is 0. The molecule has 0 N–H and O–H groups in total. The van der Waals surface area contributed by atoms with Crippen molar-refractivity contribution in [3.8, 4) is 0 Å². The molecule has 0 unspecified atom stereocenters. The van der Waals surface area contributed by atoms with E-state index in [1.165, 1.54) is 6.92 Å². The van der Waals surface area contributed by atoms with E-state index in [1.54, 1.807) is 17.3 Å². The molecule has 5 heteroatoms. The molecule has 0 spiro atoms. The van der Waals surface area contributed by atoms with E-state index in [1.807, 2.05) is 17.0 Å². The van der Waals surface area contributed by atoms with Crippen molar-refractivity contribution in [1.82, 2.24) is 14.8 Å². The second kappa shape index (κ2) is 7.20. The van der Waals surface area contributed by atoms with E-state index >= 15 is 0 Å². The third-order valence-corrected chi connectivity index (χ3v) is 4.03. The second-order valence-corrected chi connectivity index (χ2v) is 5.79. The van der Waals surface area contributed by atoms with Crippen LogP contribution in [-0.4, -0.2) is 46.2 Å². The van der Waals surface area contributed by atoms with E-state index in [-0.39, 0.29) is 18.4 Å². The van der Waals surface area contributed by atoms with E-state index < -0.39 is 0 Å². The Kier molecular flexibility index (Phi) is 5.31. The van der Waals surface area contributed by atoms with Crippen molar-refractivity contribution in [3.63, 3.8) is 0 Å². The molecule has 0 radical (unpaired) electrons. The maximum Gasteiger partial charge on any atom is 0.242 e. The van der Waals surface area contributed by atoms with E-state index in [0.29, 0.717) is 12.5 Å². The summed E-state index contributed by atoms with van der Waals surface area (Å²) in [6.45, 7) is 5.95. The third kappa shape index (κ3) is 4.55. The minimum atomic E-state index is -0.0782. The number of hydrogen-bond acceptors (Lipinski definition) is 3. The predicted octanol–water partition coefficient (Wildman–Crippen LogP) is 1.69. The van der Waals surface area contributed by atoms with E-state index in [9.17, 15) is 9.59 Å². The van der Waals surface area contributed by atoms with Gasteiger partial charge in [-0.1, -0.05) is 6.92 Å². The smallest absolute Gasteiger partial charge is 0.242 e. The van der Waals surface area contributed by atoms with Crippen molar-refractivity contribution in [3.05, 3.63) is 30.1 Å². The van der Waals surface area contributed by atoms with Gasteiger partial charge in [0.2, 0.25) is 11.8 Å². The Balaban J connectivity index is 1.93. The van der Waals surface area contributed by atoms with Crippen LogP contribution in [0, 0.1) is 5.92 Å². The first-order valence-electron chi connectivity index (χ1n) is 7.48. The van der Waals surface area contributed by atoms with Crippen LogP contribution in [-0.2, 0) is 16.1 Å².